The van der Waals surface area contributed by atoms with Gasteiger partial charge in [0.2, 0.25) is 4.96 Å². The second-order valence-electron chi connectivity index (χ2n) is 6.09. The van der Waals surface area contributed by atoms with Crippen LogP contribution in [-0.2, 0) is 6.54 Å². The molecule has 3 heterocycles. The lowest BCUT2D eigenvalue weighted by Crippen LogP contribution is -2.06. The molecule has 0 radical (unpaired) electrons. The van der Waals surface area contributed by atoms with Gasteiger partial charge in [-0.2, -0.15) is 9.61 Å². The Bertz CT molecular complexity index is 1280. The molecule has 0 atom stereocenters. The van der Waals surface area contributed by atoms with E-state index in [1.807, 2.05) is 60.7 Å². The van der Waals surface area contributed by atoms with Crippen molar-refractivity contribution < 1.29 is 4.74 Å². The fourth-order valence-electron chi connectivity index (χ4n) is 2.89. The van der Waals surface area contributed by atoms with Crippen molar-refractivity contribution in [3.05, 3.63) is 64.9 Å². The lowest BCUT2D eigenvalue weighted by Gasteiger charge is -1.99. The van der Waals surface area contributed by atoms with Crippen LogP contribution in [0.5, 0.6) is 5.75 Å². The molecule has 5 aromatic rings. The van der Waals surface area contributed by atoms with Crippen LogP contribution in [0, 0.1) is 0 Å². The standard InChI is InChI=1S/C19H15N7OS/c1-27-14-9-6-13(7-10-14)8-11-18-23-26-17(21-22-19(26)28-18)12-25-16-5-3-2-4-15(16)20-24-25/h2-11H,12H2,1H3. The number of rotatable bonds is 5. The number of aromatic nitrogens is 7. The first-order chi connectivity index (χ1) is 13.8. The molecule has 2 aromatic carbocycles. The normalized spacial score (nSPS) is 11.8. The molecule has 0 aliphatic rings. The molecule has 0 bridgehead atoms. The Hall–Kier alpha value is -3.59. The van der Waals surface area contributed by atoms with Crippen LogP contribution in [-0.4, -0.2) is 41.9 Å². The van der Waals surface area contributed by atoms with Crippen LogP contribution in [0.4, 0.5) is 0 Å². The van der Waals surface area contributed by atoms with Gasteiger partial charge in [0.1, 0.15) is 22.8 Å². The van der Waals surface area contributed by atoms with Gasteiger partial charge in [-0.1, -0.05) is 46.9 Å². The van der Waals surface area contributed by atoms with Crippen LogP contribution in [0.2, 0.25) is 0 Å². The van der Waals surface area contributed by atoms with E-state index in [1.54, 1.807) is 16.3 Å². The fourth-order valence-corrected chi connectivity index (χ4v) is 3.65. The maximum absolute atomic E-state index is 5.18. The molecule has 0 spiro atoms. The average Bonchev–Trinajstić information content (AvgIpc) is 3.43. The molecule has 0 unspecified atom stereocenters. The molecule has 0 fully saturated rings. The molecule has 9 heteroatoms. The maximum atomic E-state index is 5.18. The number of methoxy groups -OCH3 is 1. The topological polar surface area (TPSA) is 83.0 Å². The van der Waals surface area contributed by atoms with Crippen molar-refractivity contribution in [1.29, 1.82) is 0 Å². The van der Waals surface area contributed by atoms with Gasteiger partial charge in [-0.15, -0.1) is 15.3 Å². The largest absolute Gasteiger partial charge is 0.497 e. The van der Waals surface area contributed by atoms with Crippen molar-refractivity contribution >= 4 is 39.5 Å². The molecule has 0 saturated carbocycles. The van der Waals surface area contributed by atoms with E-state index in [1.165, 1.54) is 11.3 Å². The number of fused-ring (bicyclic) bond motifs is 2. The quantitative estimate of drug-likeness (QED) is 0.459. The van der Waals surface area contributed by atoms with E-state index < -0.39 is 0 Å². The summed E-state index contributed by atoms with van der Waals surface area (Å²) in [5.74, 6) is 1.55. The third kappa shape index (κ3) is 3.01. The molecule has 3 aromatic heterocycles. The zero-order valence-corrected chi connectivity index (χ0v) is 15.7. The fraction of sp³-hybridized carbons (Fsp3) is 0.105. The molecule has 0 aliphatic carbocycles. The average molecular weight is 389 g/mol. The molecule has 0 amide bonds. The first-order valence-corrected chi connectivity index (χ1v) is 9.43. The van der Waals surface area contributed by atoms with Gasteiger partial charge in [0.15, 0.2) is 5.82 Å². The van der Waals surface area contributed by atoms with E-state index in [0.717, 1.165) is 32.3 Å². The van der Waals surface area contributed by atoms with Crippen molar-refractivity contribution in [3.8, 4) is 5.75 Å². The highest BCUT2D eigenvalue weighted by molar-refractivity contribution is 7.17. The van der Waals surface area contributed by atoms with Crippen LogP contribution in [0.1, 0.15) is 16.4 Å². The van der Waals surface area contributed by atoms with E-state index in [-0.39, 0.29) is 0 Å². The molecule has 0 aliphatic heterocycles. The number of nitrogens with zero attached hydrogens (tertiary/aromatic N) is 7. The molecule has 0 saturated heterocycles. The molecule has 28 heavy (non-hydrogen) atoms. The molecular weight excluding hydrogens is 374 g/mol. The Morgan fingerprint density at radius 1 is 1.00 bits per heavy atom. The van der Waals surface area contributed by atoms with Gasteiger partial charge < -0.3 is 4.74 Å². The van der Waals surface area contributed by atoms with Crippen LogP contribution >= 0.6 is 11.3 Å². The molecule has 138 valence electrons. The molecule has 5 rings (SSSR count). The summed E-state index contributed by atoms with van der Waals surface area (Å²) < 4.78 is 8.74. The third-order valence-corrected chi connectivity index (χ3v) is 5.18. The first kappa shape index (κ1) is 16.6. The SMILES string of the molecule is COc1ccc(C=Cc2nn3c(Cn4nnc5ccccc54)nnc3s2)cc1. The number of hydrogen-bond acceptors (Lipinski definition) is 7. The van der Waals surface area contributed by atoms with E-state index in [4.69, 9.17) is 4.74 Å². The van der Waals surface area contributed by atoms with Gasteiger partial charge in [-0.3, -0.25) is 0 Å². The van der Waals surface area contributed by atoms with E-state index in [0.29, 0.717) is 12.4 Å². The molecular formula is C19H15N7OS. The van der Waals surface area contributed by atoms with Crippen molar-refractivity contribution in [2.45, 2.75) is 6.54 Å². The third-order valence-electron chi connectivity index (χ3n) is 4.32. The van der Waals surface area contributed by atoms with Crippen LogP contribution in [0.3, 0.4) is 0 Å². The van der Waals surface area contributed by atoms with Gasteiger partial charge in [0.25, 0.3) is 0 Å². The smallest absolute Gasteiger partial charge is 0.235 e. The van der Waals surface area contributed by atoms with Crippen LogP contribution < -0.4 is 4.74 Å². The summed E-state index contributed by atoms with van der Waals surface area (Å²) in [7, 11) is 1.66. The van der Waals surface area contributed by atoms with Crippen LogP contribution in [0.15, 0.2) is 48.5 Å². The number of hydrogen-bond donors (Lipinski definition) is 0. The summed E-state index contributed by atoms with van der Waals surface area (Å²) in [6, 6.07) is 15.7. The summed E-state index contributed by atoms with van der Waals surface area (Å²) in [5.41, 5.74) is 2.87. The zero-order valence-electron chi connectivity index (χ0n) is 14.9. The molecule has 0 N–H and O–H groups in total. The zero-order chi connectivity index (χ0) is 18.9. The predicted molar refractivity (Wildman–Crippen MR) is 107 cm³/mol. The van der Waals surface area contributed by atoms with Crippen molar-refractivity contribution in [1.82, 2.24) is 34.8 Å². The monoisotopic (exact) mass is 389 g/mol. The Morgan fingerprint density at radius 3 is 2.71 bits per heavy atom. The van der Waals surface area contributed by atoms with Crippen molar-refractivity contribution in [3.63, 3.8) is 0 Å². The summed E-state index contributed by atoms with van der Waals surface area (Å²) in [6.45, 7) is 0.451. The number of benzene rings is 2. The summed E-state index contributed by atoms with van der Waals surface area (Å²) in [4.78, 5) is 0.744. The highest BCUT2D eigenvalue weighted by Gasteiger charge is 2.13. The van der Waals surface area contributed by atoms with E-state index in [2.05, 4.69) is 25.6 Å². The van der Waals surface area contributed by atoms with Crippen molar-refractivity contribution in [2.75, 3.05) is 7.11 Å². The minimum absolute atomic E-state index is 0.451. The second kappa shape index (κ2) is 6.86. The lowest BCUT2D eigenvalue weighted by atomic mass is 10.2. The first-order valence-electron chi connectivity index (χ1n) is 8.62. The summed E-state index contributed by atoms with van der Waals surface area (Å²) in [5, 5.41) is 22.3. The Kier molecular flexibility index (Phi) is 4.06. The maximum Gasteiger partial charge on any atom is 0.235 e. The van der Waals surface area contributed by atoms with Gasteiger partial charge in [-0.25, -0.2) is 4.68 Å². The van der Waals surface area contributed by atoms with Gasteiger partial charge in [-0.05, 0) is 35.9 Å². The Morgan fingerprint density at radius 2 is 1.86 bits per heavy atom. The van der Waals surface area contributed by atoms with Crippen molar-refractivity contribution in [2.24, 2.45) is 0 Å². The Labute approximate surface area is 163 Å². The van der Waals surface area contributed by atoms with Gasteiger partial charge >= 0.3 is 0 Å². The Balaban J connectivity index is 1.41. The predicted octanol–water partition coefficient (Wildman–Crippen LogP) is 3.16. The van der Waals surface area contributed by atoms with Gasteiger partial charge in [0, 0.05) is 0 Å². The number of para-hydroxylation sites is 1. The van der Waals surface area contributed by atoms with E-state index in [9.17, 15) is 0 Å². The second-order valence-corrected chi connectivity index (χ2v) is 7.08. The highest BCUT2D eigenvalue weighted by atomic mass is 32.1. The number of ether oxygens (including phenoxy) is 1. The van der Waals surface area contributed by atoms with E-state index >= 15 is 0 Å². The minimum atomic E-state index is 0.451. The lowest BCUT2D eigenvalue weighted by molar-refractivity contribution is 0.415. The molecule has 8 nitrogen and oxygen atoms in total. The summed E-state index contributed by atoms with van der Waals surface area (Å²) >= 11 is 1.48. The minimum Gasteiger partial charge on any atom is -0.497 e. The van der Waals surface area contributed by atoms with Crippen LogP contribution in [0.25, 0.3) is 28.1 Å². The van der Waals surface area contributed by atoms with Gasteiger partial charge in [0.05, 0.1) is 12.6 Å². The highest BCUT2D eigenvalue weighted by Crippen LogP contribution is 2.19. The summed E-state index contributed by atoms with van der Waals surface area (Å²) in [6.07, 6.45) is 3.98.